The summed E-state index contributed by atoms with van der Waals surface area (Å²) in [6.45, 7) is 3.71. The third-order valence-corrected chi connectivity index (χ3v) is 1.40. The molecule has 0 aromatic carbocycles. The fourth-order valence-corrected chi connectivity index (χ4v) is 0.866. The average Bonchev–Trinajstić information content (AvgIpc) is 2.37. The van der Waals surface area contributed by atoms with Gasteiger partial charge in [0.05, 0.1) is 6.54 Å². The van der Waals surface area contributed by atoms with Crippen molar-refractivity contribution in [3.8, 4) is 0 Å². The fourth-order valence-electron chi connectivity index (χ4n) is 0.866. The molecule has 4 heteroatoms. The van der Waals surface area contributed by atoms with Gasteiger partial charge in [0.25, 0.3) is 5.91 Å². The first kappa shape index (κ1) is 7.78. The number of carbonyl (C=O) groups excluding carboxylic acids is 2. The standard InChI is InChI=1S/C7H9NO3/c1-2-7(10)11-8-5-3-4-6(8)9/h2H,1,3-5H2. The van der Waals surface area contributed by atoms with Crippen molar-refractivity contribution >= 4 is 11.9 Å². The summed E-state index contributed by atoms with van der Waals surface area (Å²) in [5, 5.41) is 1.07. The van der Waals surface area contributed by atoms with Crippen LogP contribution in [0.4, 0.5) is 0 Å². The smallest absolute Gasteiger partial charge is 0.333 e. The zero-order valence-corrected chi connectivity index (χ0v) is 6.08. The lowest BCUT2D eigenvalue weighted by Gasteiger charge is -2.11. The third kappa shape index (κ3) is 1.80. The van der Waals surface area contributed by atoms with Crippen LogP contribution < -0.4 is 0 Å². The highest BCUT2D eigenvalue weighted by Gasteiger charge is 2.22. The highest BCUT2D eigenvalue weighted by Crippen LogP contribution is 2.09. The molecule has 1 fully saturated rings. The molecule has 0 saturated carbocycles. The summed E-state index contributed by atoms with van der Waals surface area (Å²) >= 11 is 0. The molecule has 1 saturated heterocycles. The summed E-state index contributed by atoms with van der Waals surface area (Å²) in [7, 11) is 0. The molecular formula is C7H9NO3. The van der Waals surface area contributed by atoms with Gasteiger partial charge in [0.2, 0.25) is 0 Å². The van der Waals surface area contributed by atoms with E-state index in [9.17, 15) is 9.59 Å². The molecule has 1 aliphatic heterocycles. The number of carbonyl (C=O) groups is 2. The van der Waals surface area contributed by atoms with E-state index in [1.807, 2.05) is 0 Å². The Morgan fingerprint density at radius 2 is 2.45 bits per heavy atom. The molecule has 0 aromatic heterocycles. The lowest BCUT2D eigenvalue weighted by atomic mass is 10.4. The maximum Gasteiger partial charge on any atom is 0.355 e. The molecule has 60 valence electrons. The maximum atomic E-state index is 10.8. The molecule has 0 atom stereocenters. The summed E-state index contributed by atoms with van der Waals surface area (Å²) in [4.78, 5) is 26.0. The van der Waals surface area contributed by atoms with Crippen molar-refractivity contribution in [1.82, 2.24) is 5.06 Å². The predicted octanol–water partition coefficient (Wildman–Crippen LogP) is 0.253. The zero-order chi connectivity index (χ0) is 8.27. The molecule has 0 unspecified atom stereocenters. The zero-order valence-electron chi connectivity index (χ0n) is 6.08. The van der Waals surface area contributed by atoms with E-state index in [-0.39, 0.29) is 5.91 Å². The number of amides is 1. The molecule has 0 spiro atoms. The van der Waals surface area contributed by atoms with Crippen LogP contribution in [0.5, 0.6) is 0 Å². The Morgan fingerprint density at radius 1 is 1.73 bits per heavy atom. The number of hydroxylamine groups is 2. The van der Waals surface area contributed by atoms with Crippen LogP contribution in [0.25, 0.3) is 0 Å². The highest BCUT2D eigenvalue weighted by atomic mass is 16.7. The monoisotopic (exact) mass is 155 g/mol. The lowest BCUT2D eigenvalue weighted by molar-refractivity contribution is -0.188. The largest absolute Gasteiger partial charge is 0.355 e. The van der Waals surface area contributed by atoms with E-state index in [1.165, 1.54) is 0 Å². The van der Waals surface area contributed by atoms with Crippen LogP contribution >= 0.6 is 0 Å². The van der Waals surface area contributed by atoms with Crippen LogP contribution in [0.3, 0.4) is 0 Å². The predicted molar refractivity (Wildman–Crippen MR) is 37.2 cm³/mol. The first-order chi connectivity index (χ1) is 5.24. The van der Waals surface area contributed by atoms with E-state index in [0.29, 0.717) is 13.0 Å². The molecule has 0 N–H and O–H groups in total. The lowest BCUT2D eigenvalue weighted by Crippen LogP contribution is -2.27. The van der Waals surface area contributed by atoms with Gasteiger partial charge in [0, 0.05) is 12.5 Å². The first-order valence-electron chi connectivity index (χ1n) is 3.39. The van der Waals surface area contributed by atoms with E-state index >= 15 is 0 Å². The van der Waals surface area contributed by atoms with Gasteiger partial charge in [-0.2, -0.15) is 5.06 Å². The second kappa shape index (κ2) is 3.18. The number of hydrogen-bond acceptors (Lipinski definition) is 3. The topological polar surface area (TPSA) is 46.6 Å². The van der Waals surface area contributed by atoms with Gasteiger partial charge >= 0.3 is 5.97 Å². The fraction of sp³-hybridized carbons (Fsp3) is 0.429. The summed E-state index contributed by atoms with van der Waals surface area (Å²) < 4.78 is 0. The Morgan fingerprint density at radius 3 is 2.91 bits per heavy atom. The number of nitrogens with zero attached hydrogens (tertiary/aromatic N) is 1. The molecular weight excluding hydrogens is 146 g/mol. The van der Waals surface area contributed by atoms with Crippen molar-refractivity contribution in [2.24, 2.45) is 0 Å². The second-order valence-corrected chi connectivity index (χ2v) is 2.21. The van der Waals surface area contributed by atoms with Crippen LogP contribution in [0.1, 0.15) is 12.8 Å². The van der Waals surface area contributed by atoms with Crippen molar-refractivity contribution in [2.45, 2.75) is 12.8 Å². The van der Waals surface area contributed by atoms with E-state index in [0.717, 1.165) is 17.6 Å². The Labute approximate surface area is 64.4 Å². The number of rotatable bonds is 2. The minimum absolute atomic E-state index is 0.139. The minimum Gasteiger partial charge on any atom is -0.333 e. The van der Waals surface area contributed by atoms with Crippen LogP contribution in [-0.2, 0) is 14.4 Å². The van der Waals surface area contributed by atoms with Gasteiger partial charge in [-0.1, -0.05) is 6.58 Å². The van der Waals surface area contributed by atoms with E-state index < -0.39 is 5.97 Å². The van der Waals surface area contributed by atoms with Gasteiger partial charge in [-0.15, -0.1) is 0 Å². The quantitative estimate of drug-likeness (QED) is 0.537. The molecule has 1 rings (SSSR count). The Hall–Kier alpha value is -1.32. The summed E-state index contributed by atoms with van der Waals surface area (Å²) in [6.07, 6.45) is 2.25. The Bertz CT molecular complexity index is 200. The van der Waals surface area contributed by atoms with Crippen molar-refractivity contribution < 1.29 is 14.4 Å². The highest BCUT2D eigenvalue weighted by molar-refractivity contribution is 5.84. The van der Waals surface area contributed by atoms with Crippen molar-refractivity contribution in [3.05, 3.63) is 12.7 Å². The van der Waals surface area contributed by atoms with Gasteiger partial charge in [-0.05, 0) is 6.42 Å². The molecule has 4 nitrogen and oxygen atoms in total. The molecule has 0 aliphatic carbocycles. The molecule has 1 amide bonds. The normalized spacial score (nSPS) is 16.7. The van der Waals surface area contributed by atoms with Crippen LogP contribution in [0, 0.1) is 0 Å². The van der Waals surface area contributed by atoms with Gasteiger partial charge in [-0.25, -0.2) is 4.79 Å². The van der Waals surface area contributed by atoms with Crippen molar-refractivity contribution in [2.75, 3.05) is 6.54 Å². The molecule has 1 aliphatic rings. The first-order valence-corrected chi connectivity index (χ1v) is 3.39. The van der Waals surface area contributed by atoms with Crippen molar-refractivity contribution in [1.29, 1.82) is 0 Å². The Balaban J connectivity index is 2.42. The van der Waals surface area contributed by atoms with Gasteiger partial charge < -0.3 is 4.84 Å². The molecule has 0 aromatic rings. The van der Waals surface area contributed by atoms with Gasteiger partial charge in [0.1, 0.15) is 0 Å². The Kier molecular flexibility index (Phi) is 2.25. The van der Waals surface area contributed by atoms with E-state index in [2.05, 4.69) is 11.4 Å². The maximum absolute atomic E-state index is 10.8. The van der Waals surface area contributed by atoms with E-state index in [4.69, 9.17) is 0 Å². The van der Waals surface area contributed by atoms with Crippen LogP contribution in [-0.4, -0.2) is 23.5 Å². The third-order valence-electron chi connectivity index (χ3n) is 1.40. The molecule has 0 radical (unpaired) electrons. The van der Waals surface area contributed by atoms with Gasteiger partial charge in [0.15, 0.2) is 0 Å². The summed E-state index contributed by atoms with van der Waals surface area (Å²) in [5.74, 6) is -0.722. The second-order valence-electron chi connectivity index (χ2n) is 2.21. The van der Waals surface area contributed by atoms with Gasteiger partial charge in [-0.3, -0.25) is 4.79 Å². The minimum atomic E-state index is -0.583. The summed E-state index contributed by atoms with van der Waals surface area (Å²) in [6, 6.07) is 0. The average molecular weight is 155 g/mol. The van der Waals surface area contributed by atoms with E-state index in [1.54, 1.807) is 0 Å². The summed E-state index contributed by atoms with van der Waals surface area (Å²) in [5.41, 5.74) is 0. The molecule has 0 bridgehead atoms. The van der Waals surface area contributed by atoms with Crippen LogP contribution in [0.2, 0.25) is 0 Å². The van der Waals surface area contributed by atoms with Crippen LogP contribution in [0.15, 0.2) is 12.7 Å². The SMILES string of the molecule is C=CC(=O)ON1CCCC1=O. The molecule has 1 heterocycles. The number of hydrogen-bond donors (Lipinski definition) is 0. The molecule has 11 heavy (non-hydrogen) atoms. The van der Waals surface area contributed by atoms with Crippen molar-refractivity contribution in [3.63, 3.8) is 0 Å².